The minimum absolute atomic E-state index is 0.595. The van der Waals surface area contributed by atoms with Crippen molar-refractivity contribution < 1.29 is 14.9 Å². The van der Waals surface area contributed by atoms with Crippen LogP contribution in [-0.2, 0) is 12.8 Å². The molecular weight excluding hydrogens is 204 g/mol. The molecule has 88 valence electrons. The number of rotatable bonds is 4. The van der Waals surface area contributed by atoms with Gasteiger partial charge in [0.05, 0.1) is 18.8 Å². The fraction of sp³-hybridized carbons (Fsp3) is 0.538. The van der Waals surface area contributed by atoms with E-state index in [1.165, 1.54) is 11.1 Å². The van der Waals surface area contributed by atoms with E-state index in [0.29, 0.717) is 6.42 Å². The Balaban J connectivity index is 1.95. The van der Waals surface area contributed by atoms with E-state index < -0.39 is 12.2 Å². The summed E-state index contributed by atoms with van der Waals surface area (Å²) in [6.45, 7) is 2.39. The molecule has 3 nitrogen and oxygen atoms in total. The van der Waals surface area contributed by atoms with E-state index in [1.807, 2.05) is 12.1 Å². The van der Waals surface area contributed by atoms with Crippen molar-refractivity contribution in [2.75, 3.05) is 6.61 Å². The van der Waals surface area contributed by atoms with Gasteiger partial charge in [0.1, 0.15) is 5.75 Å². The molecule has 1 aliphatic heterocycles. The molecule has 0 radical (unpaired) electrons. The van der Waals surface area contributed by atoms with Gasteiger partial charge in [-0.25, -0.2) is 0 Å². The van der Waals surface area contributed by atoms with Crippen molar-refractivity contribution in [2.24, 2.45) is 0 Å². The molecule has 1 heterocycles. The summed E-state index contributed by atoms with van der Waals surface area (Å²) in [5.41, 5.74) is 2.45. The third-order valence-electron chi connectivity index (χ3n) is 3.04. The SMILES string of the molecule is CC(O)C(O)CCc1ccc2c(c1)CCO2. The smallest absolute Gasteiger partial charge is 0.122 e. The van der Waals surface area contributed by atoms with E-state index in [-0.39, 0.29) is 0 Å². The first-order valence-electron chi connectivity index (χ1n) is 5.77. The third kappa shape index (κ3) is 2.54. The zero-order chi connectivity index (χ0) is 11.5. The predicted molar refractivity (Wildman–Crippen MR) is 61.6 cm³/mol. The first kappa shape index (κ1) is 11.4. The largest absolute Gasteiger partial charge is 0.493 e. The lowest BCUT2D eigenvalue weighted by Gasteiger charge is -2.13. The molecule has 1 aromatic carbocycles. The first-order chi connectivity index (χ1) is 7.66. The Morgan fingerprint density at radius 3 is 2.94 bits per heavy atom. The van der Waals surface area contributed by atoms with Crippen LogP contribution in [0.4, 0.5) is 0 Å². The average Bonchev–Trinajstić information content (AvgIpc) is 2.72. The molecule has 0 amide bonds. The van der Waals surface area contributed by atoms with Crippen molar-refractivity contribution in [3.8, 4) is 5.75 Å². The average molecular weight is 222 g/mol. The summed E-state index contributed by atoms with van der Waals surface area (Å²) in [5.74, 6) is 0.986. The standard InChI is InChI=1S/C13H18O3/c1-9(14)12(15)4-2-10-3-5-13-11(8-10)6-7-16-13/h3,5,8-9,12,14-15H,2,4,6-7H2,1H3. The predicted octanol–water partition coefficient (Wildman–Crippen LogP) is 1.30. The molecule has 0 saturated heterocycles. The van der Waals surface area contributed by atoms with Crippen LogP contribution in [-0.4, -0.2) is 29.0 Å². The molecule has 1 aromatic rings. The molecule has 2 atom stereocenters. The van der Waals surface area contributed by atoms with E-state index in [1.54, 1.807) is 6.92 Å². The molecule has 2 rings (SSSR count). The van der Waals surface area contributed by atoms with Crippen LogP contribution >= 0.6 is 0 Å². The van der Waals surface area contributed by atoms with E-state index >= 15 is 0 Å². The maximum Gasteiger partial charge on any atom is 0.122 e. The molecule has 0 fully saturated rings. The molecule has 2 N–H and O–H groups in total. The number of benzene rings is 1. The van der Waals surface area contributed by atoms with Crippen molar-refractivity contribution in [3.05, 3.63) is 29.3 Å². The van der Waals surface area contributed by atoms with Crippen LogP contribution in [0.3, 0.4) is 0 Å². The Morgan fingerprint density at radius 1 is 1.38 bits per heavy atom. The van der Waals surface area contributed by atoms with Gasteiger partial charge in [-0.05, 0) is 37.0 Å². The highest BCUT2D eigenvalue weighted by Gasteiger charge is 2.14. The molecule has 0 bridgehead atoms. The summed E-state index contributed by atoms with van der Waals surface area (Å²) in [6, 6.07) is 6.16. The van der Waals surface area contributed by atoms with Crippen LogP contribution in [0.1, 0.15) is 24.5 Å². The van der Waals surface area contributed by atoms with Gasteiger partial charge in [-0.3, -0.25) is 0 Å². The Labute approximate surface area is 95.7 Å². The molecule has 3 heteroatoms. The second kappa shape index (κ2) is 4.85. The van der Waals surface area contributed by atoms with Crippen LogP contribution in [0, 0.1) is 0 Å². The number of aliphatic hydroxyl groups excluding tert-OH is 2. The summed E-state index contributed by atoms with van der Waals surface area (Å²) in [4.78, 5) is 0. The highest BCUT2D eigenvalue weighted by molar-refractivity contribution is 5.39. The van der Waals surface area contributed by atoms with Gasteiger partial charge in [-0.1, -0.05) is 12.1 Å². The lowest BCUT2D eigenvalue weighted by atomic mass is 10.0. The number of hydrogen-bond acceptors (Lipinski definition) is 3. The zero-order valence-electron chi connectivity index (χ0n) is 9.52. The lowest BCUT2D eigenvalue weighted by Crippen LogP contribution is -2.22. The summed E-state index contributed by atoms with van der Waals surface area (Å²) in [7, 11) is 0. The summed E-state index contributed by atoms with van der Waals surface area (Å²) in [6.07, 6.45) is 1.07. The fourth-order valence-electron chi connectivity index (χ4n) is 1.95. The van der Waals surface area contributed by atoms with Gasteiger partial charge in [0, 0.05) is 6.42 Å². The van der Waals surface area contributed by atoms with Gasteiger partial charge in [-0.2, -0.15) is 0 Å². The van der Waals surface area contributed by atoms with Gasteiger partial charge in [0.25, 0.3) is 0 Å². The first-order valence-corrected chi connectivity index (χ1v) is 5.77. The molecular formula is C13H18O3. The maximum atomic E-state index is 9.51. The van der Waals surface area contributed by atoms with Crippen LogP contribution in [0.25, 0.3) is 0 Å². The van der Waals surface area contributed by atoms with E-state index in [0.717, 1.165) is 25.2 Å². The Morgan fingerprint density at radius 2 is 2.19 bits per heavy atom. The van der Waals surface area contributed by atoms with Crippen molar-refractivity contribution in [1.82, 2.24) is 0 Å². The summed E-state index contributed by atoms with van der Waals surface area (Å²) < 4.78 is 5.43. The maximum absolute atomic E-state index is 9.51. The number of ether oxygens (including phenoxy) is 1. The monoisotopic (exact) mass is 222 g/mol. The quantitative estimate of drug-likeness (QED) is 0.807. The Hall–Kier alpha value is -1.06. The van der Waals surface area contributed by atoms with Crippen LogP contribution in [0.15, 0.2) is 18.2 Å². The van der Waals surface area contributed by atoms with Gasteiger partial charge in [0.15, 0.2) is 0 Å². The second-order valence-corrected chi connectivity index (χ2v) is 4.39. The number of aryl methyl sites for hydroxylation is 1. The fourth-order valence-corrected chi connectivity index (χ4v) is 1.95. The molecule has 2 unspecified atom stereocenters. The van der Waals surface area contributed by atoms with Crippen molar-refractivity contribution in [2.45, 2.75) is 38.4 Å². The van der Waals surface area contributed by atoms with Crippen LogP contribution in [0.2, 0.25) is 0 Å². The van der Waals surface area contributed by atoms with Crippen LogP contribution in [0.5, 0.6) is 5.75 Å². The normalized spacial score (nSPS) is 17.7. The third-order valence-corrected chi connectivity index (χ3v) is 3.04. The van der Waals surface area contributed by atoms with Crippen molar-refractivity contribution in [1.29, 1.82) is 0 Å². The zero-order valence-corrected chi connectivity index (χ0v) is 9.52. The van der Waals surface area contributed by atoms with Crippen LogP contribution < -0.4 is 4.74 Å². The molecule has 0 saturated carbocycles. The van der Waals surface area contributed by atoms with Gasteiger partial charge in [0.2, 0.25) is 0 Å². The highest BCUT2D eigenvalue weighted by atomic mass is 16.5. The van der Waals surface area contributed by atoms with Crippen molar-refractivity contribution >= 4 is 0 Å². The Kier molecular flexibility index (Phi) is 3.46. The molecule has 16 heavy (non-hydrogen) atoms. The molecule has 0 aromatic heterocycles. The lowest BCUT2D eigenvalue weighted by molar-refractivity contribution is 0.0265. The minimum atomic E-state index is -0.655. The van der Waals surface area contributed by atoms with E-state index in [4.69, 9.17) is 4.74 Å². The number of aliphatic hydroxyl groups is 2. The second-order valence-electron chi connectivity index (χ2n) is 4.39. The number of hydrogen-bond donors (Lipinski definition) is 2. The minimum Gasteiger partial charge on any atom is -0.493 e. The number of fused-ring (bicyclic) bond motifs is 1. The Bertz CT molecular complexity index is 360. The highest BCUT2D eigenvalue weighted by Crippen LogP contribution is 2.26. The molecule has 0 aliphatic carbocycles. The molecule has 1 aliphatic rings. The van der Waals surface area contributed by atoms with Gasteiger partial charge >= 0.3 is 0 Å². The summed E-state index contributed by atoms with van der Waals surface area (Å²) in [5, 5.41) is 18.7. The topological polar surface area (TPSA) is 49.7 Å². The molecule has 0 spiro atoms. The summed E-state index contributed by atoms with van der Waals surface area (Å²) >= 11 is 0. The van der Waals surface area contributed by atoms with E-state index in [9.17, 15) is 10.2 Å². The van der Waals surface area contributed by atoms with Gasteiger partial charge < -0.3 is 14.9 Å². The van der Waals surface area contributed by atoms with E-state index in [2.05, 4.69) is 6.07 Å². The van der Waals surface area contributed by atoms with Gasteiger partial charge in [-0.15, -0.1) is 0 Å². The van der Waals surface area contributed by atoms with Crippen molar-refractivity contribution in [3.63, 3.8) is 0 Å².